The van der Waals surface area contributed by atoms with Gasteiger partial charge in [-0.25, -0.2) is 4.99 Å². The molecule has 0 radical (unpaired) electrons. The SMILES string of the molecule is CCNC(=NCc1ccc(C)cc1C)NCCCCN1CCN(CC)CC1.I. The number of nitrogens with one attached hydrogen (secondary N) is 2. The third-order valence-electron chi connectivity index (χ3n) is 5.36. The third kappa shape index (κ3) is 9.09. The van der Waals surface area contributed by atoms with Gasteiger partial charge in [0.15, 0.2) is 5.96 Å². The summed E-state index contributed by atoms with van der Waals surface area (Å²) in [5, 5.41) is 6.85. The molecule has 1 saturated heterocycles. The molecule has 0 amide bonds. The standard InChI is InChI=1S/C22H39N5.HI/c1-5-23-22(25-18-21-10-9-19(3)17-20(21)4)24-11-7-8-12-27-15-13-26(6-2)14-16-27;/h9-10,17H,5-8,11-16,18H2,1-4H3,(H2,23,24,25);1H. The molecule has 0 unspecified atom stereocenters. The molecule has 1 aromatic rings. The van der Waals surface area contributed by atoms with Crippen LogP contribution in [0, 0.1) is 13.8 Å². The second-order valence-corrected chi connectivity index (χ2v) is 7.53. The molecule has 1 heterocycles. The summed E-state index contributed by atoms with van der Waals surface area (Å²) >= 11 is 0. The van der Waals surface area contributed by atoms with Gasteiger partial charge in [-0.1, -0.05) is 30.7 Å². The van der Waals surface area contributed by atoms with E-state index in [1.54, 1.807) is 0 Å². The molecule has 0 atom stereocenters. The van der Waals surface area contributed by atoms with Gasteiger partial charge in [0.1, 0.15) is 0 Å². The van der Waals surface area contributed by atoms with E-state index in [2.05, 4.69) is 66.3 Å². The lowest BCUT2D eigenvalue weighted by molar-refractivity contribution is 0.136. The highest BCUT2D eigenvalue weighted by molar-refractivity contribution is 14.0. The molecule has 0 saturated carbocycles. The Morgan fingerprint density at radius 1 is 1.00 bits per heavy atom. The van der Waals surface area contributed by atoms with Gasteiger partial charge in [0, 0.05) is 39.3 Å². The summed E-state index contributed by atoms with van der Waals surface area (Å²) in [5.41, 5.74) is 3.92. The second kappa shape index (κ2) is 14.2. The first-order valence-corrected chi connectivity index (χ1v) is 10.7. The van der Waals surface area contributed by atoms with Crippen LogP contribution in [0.5, 0.6) is 0 Å². The summed E-state index contributed by atoms with van der Waals surface area (Å²) in [7, 11) is 0. The summed E-state index contributed by atoms with van der Waals surface area (Å²) in [6, 6.07) is 6.58. The van der Waals surface area contributed by atoms with Crippen LogP contribution in [0.15, 0.2) is 23.2 Å². The minimum Gasteiger partial charge on any atom is -0.357 e. The van der Waals surface area contributed by atoms with E-state index in [9.17, 15) is 0 Å². The van der Waals surface area contributed by atoms with Crippen LogP contribution in [0.4, 0.5) is 0 Å². The zero-order valence-electron chi connectivity index (χ0n) is 18.3. The van der Waals surface area contributed by atoms with Crippen LogP contribution < -0.4 is 10.6 Å². The van der Waals surface area contributed by atoms with E-state index in [1.807, 2.05) is 0 Å². The number of hydrogen-bond acceptors (Lipinski definition) is 3. The number of hydrogen-bond donors (Lipinski definition) is 2. The smallest absolute Gasteiger partial charge is 0.191 e. The number of piperazine rings is 1. The topological polar surface area (TPSA) is 42.9 Å². The fourth-order valence-electron chi connectivity index (χ4n) is 3.53. The largest absolute Gasteiger partial charge is 0.357 e. The number of aliphatic imine (C=N–C) groups is 1. The zero-order valence-corrected chi connectivity index (χ0v) is 20.6. The monoisotopic (exact) mass is 501 g/mol. The molecular weight excluding hydrogens is 461 g/mol. The summed E-state index contributed by atoms with van der Waals surface area (Å²) in [6.07, 6.45) is 2.43. The van der Waals surface area contributed by atoms with Gasteiger partial charge in [0.25, 0.3) is 0 Å². The Labute approximate surface area is 189 Å². The van der Waals surface area contributed by atoms with Gasteiger partial charge >= 0.3 is 0 Å². The Bertz CT molecular complexity index is 582. The molecule has 0 aliphatic carbocycles. The molecule has 0 spiro atoms. The fraction of sp³-hybridized carbons (Fsp3) is 0.682. The summed E-state index contributed by atoms with van der Waals surface area (Å²) in [4.78, 5) is 9.90. The van der Waals surface area contributed by atoms with Gasteiger partial charge < -0.3 is 20.4 Å². The molecule has 1 fully saturated rings. The summed E-state index contributed by atoms with van der Waals surface area (Å²) < 4.78 is 0. The minimum atomic E-state index is 0. The maximum absolute atomic E-state index is 4.76. The van der Waals surface area contributed by atoms with Crippen molar-refractivity contribution in [3.8, 4) is 0 Å². The van der Waals surface area contributed by atoms with E-state index >= 15 is 0 Å². The molecule has 0 aromatic heterocycles. The number of halogens is 1. The van der Waals surface area contributed by atoms with Crippen LogP contribution in [-0.4, -0.2) is 68.1 Å². The minimum absolute atomic E-state index is 0. The maximum atomic E-state index is 4.76. The van der Waals surface area contributed by atoms with Gasteiger partial charge in [-0.15, -0.1) is 24.0 Å². The van der Waals surface area contributed by atoms with Gasteiger partial charge in [0.05, 0.1) is 6.54 Å². The number of rotatable bonds is 9. The fourth-order valence-corrected chi connectivity index (χ4v) is 3.53. The summed E-state index contributed by atoms with van der Waals surface area (Å²) in [5.74, 6) is 0.925. The second-order valence-electron chi connectivity index (χ2n) is 7.53. The van der Waals surface area contributed by atoms with Gasteiger partial charge in [-0.3, -0.25) is 0 Å². The molecule has 6 heteroatoms. The predicted molar refractivity (Wildman–Crippen MR) is 132 cm³/mol. The van der Waals surface area contributed by atoms with Crippen LogP contribution in [0.2, 0.25) is 0 Å². The van der Waals surface area contributed by atoms with Crippen molar-refractivity contribution in [1.82, 2.24) is 20.4 Å². The van der Waals surface area contributed by atoms with Crippen molar-refractivity contribution in [2.75, 3.05) is 52.4 Å². The van der Waals surface area contributed by atoms with Crippen molar-refractivity contribution in [2.24, 2.45) is 4.99 Å². The van der Waals surface area contributed by atoms with E-state index in [0.717, 1.165) is 25.6 Å². The van der Waals surface area contributed by atoms with Crippen molar-refractivity contribution >= 4 is 29.9 Å². The molecule has 1 aliphatic heterocycles. The number of benzene rings is 1. The van der Waals surface area contributed by atoms with E-state index in [4.69, 9.17) is 4.99 Å². The number of guanidine groups is 1. The first kappa shape index (κ1) is 25.2. The molecule has 28 heavy (non-hydrogen) atoms. The third-order valence-corrected chi connectivity index (χ3v) is 5.36. The van der Waals surface area contributed by atoms with Crippen LogP contribution in [-0.2, 0) is 6.54 Å². The molecule has 2 rings (SSSR count). The van der Waals surface area contributed by atoms with E-state index in [1.165, 1.54) is 68.8 Å². The lowest BCUT2D eigenvalue weighted by atomic mass is 10.1. The molecule has 2 N–H and O–H groups in total. The first-order valence-electron chi connectivity index (χ1n) is 10.7. The number of nitrogens with zero attached hydrogens (tertiary/aromatic N) is 3. The number of unbranched alkanes of at least 4 members (excludes halogenated alkanes) is 1. The quantitative estimate of drug-likeness (QED) is 0.236. The highest BCUT2D eigenvalue weighted by atomic mass is 127. The van der Waals surface area contributed by atoms with Crippen LogP contribution in [0.1, 0.15) is 43.4 Å². The Hall–Kier alpha value is -0.860. The number of likely N-dealkylation sites (N-methyl/N-ethyl adjacent to an activating group) is 1. The molecule has 0 bridgehead atoms. The van der Waals surface area contributed by atoms with Crippen molar-refractivity contribution in [3.05, 3.63) is 34.9 Å². The highest BCUT2D eigenvalue weighted by Crippen LogP contribution is 2.11. The molecule has 160 valence electrons. The van der Waals surface area contributed by atoms with Crippen LogP contribution in [0.25, 0.3) is 0 Å². The first-order chi connectivity index (χ1) is 13.1. The van der Waals surface area contributed by atoms with Gasteiger partial charge in [-0.2, -0.15) is 0 Å². The van der Waals surface area contributed by atoms with E-state index in [-0.39, 0.29) is 24.0 Å². The maximum Gasteiger partial charge on any atom is 0.191 e. The lowest BCUT2D eigenvalue weighted by Crippen LogP contribution is -2.46. The van der Waals surface area contributed by atoms with Crippen molar-refractivity contribution < 1.29 is 0 Å². The van der Waals surface area contributed by atoms with Crippen molar-refractivity contribution in [1.29, 1.82) is 0 Å². The zero-order chi connectivity index (χ0) is 19.5. The van der Waals surface area contributed by atoms with Crippen molar-refractivity contribution in [2.45, 2.75) is 47.1 Å². The molecule has 1 aliphatic rings. The van der Waals surface area contributed by atoms with E-state index < -0.39 is 0 Å². The Morgan fingerprint density at radius 3 is 2.36 bits per heavy atom. The van der Waals surface area contributed by atoms with Crippen LogP contribution in [0.3, 0.4) is 0 Å². The van der Waals surface area contributed by atoms with Gasteiger partial charge in [0.2, 0.25) is 0 Å². The van der Waals surface area contributed by atoms with E-state index in [0.29, 0.717) is 0 Å². The Balaban J connectivity index is 0.00000392. The molecule has 5 nitrogen and oxygen atoms in total. The van der Waals surface area contributed by atoms with Crippen molar-refractivity contribution in [3.63, 3.8) is 0 Å². The Kier molecular flexibility index (Phi) is 12.7. The van der Waals surface area contributed by atoms with Crippen LogP contribution >= 0.6 is 24.0 Å². The normalized spacial score (nSPS) is 15.9. The van der Waals surface area contributed by atoms with Gasteiger partial charge in [-0.05, 0) is 57.8 Å². The highest BCUT2D eigenvalue weighted by Gasteiger charge is 2.14. The lowest BCUT2D eigenvalue weighted by Gasteiger charge is -2.34. The Morgan fingerprint density at radius 2 is 1.71 bits per heavy atom. The summed E-state index contributed by atoms with van der Waals surface area (Å²) in [6.45, 7) is 18.6. The number of aryl methyl sites for hydroxylation is 2. The predicted octanol–water partition coefficient (Wildman–Crippen LogP) is 3.39. The average molecular weight is 502 g/mol. The molecule has 1 aromatic carbocycles. The molecular formula is C22H40IN5. The average Bonchev–Trinajstić information content (AvgIpc) is 2.67.